The molecule has 0 fully saturated rings. The van der Waals surface area contributed by atoms with Crippen molar-refractivity contribution in [2.45, 2.75) is 13.0 Å². The van der Waals surface area contributed by atoms with Crippen LogP contribution in [0.1, 0.15) is 28.9 Å². The molecule has 2 aromatic carbocycles. The predicted molar refractivity (Wildman–Crippen MR) is 91.5 cm³/mol. The first-order chi connectivity index (χ1) is 12.0. The molecule has 128 valence electrons. The van der Waals surface area contributed by atoms with Gasteiger partial charge in [0.2, 0.25) is 0 Å². The smallest absolute Gasteiger partial charge is 0.258 e. The summed E-state index contributed by atoms with van der Waals surface area (Å²) >= 11 is 0. The van der Waals surface area contributed by atoms with Gasteiger partial charge < -0.3 is 15.1 Å². The van der Waals surface area contributed by atoms with Crippen molar-refractivity contribution in [1.82, 2.24) is 0 Å². The Hall–Kier alpha value is -3.15. The summed E-state index contributed by atoms with van der Waals surface area (Å²) in [5, 5.41) is 5.96. The molecule has 0 spiro atoms. The Morgan fingerprint density at radius 2 is 1.84 bits per heavy atom. The quantitative estimate of drug-likeness (QED) is 0.687. The highest BCUT2D eigenvalue weighted by Gasteiger charge is 2.11. The molecule has 25 heavy (non-hydrogen) atoms. The Bertz CT molecular complexity index is 879. The lowest BCUT2D eigenvalue weighted by atomic mass is 10.1. The van der Waals surface area contributed by atoms with Crippen LogP contribution in [0, 0.1) is 11.6 Å². The van der Waals surface area contributed by atoms with Crippen LogP contribution in [0.3, 0.4) is 0 Å². The zero-order chi connectivity index (χ0) is 17.8. The number of carbonyl (C=O) groups excluding carboxylic acids is 1. The van der Waals surface area contributed by atoms with Gasteiger partial charge in [-0.15, -0.1) is 0 Å². The van der Waals surface area contributed by atoms with Gasteiger partial charge in [-0.25, -0.2) is 8.78 Å². The Labute approximate surface area is 143 Å². The van der Waals surface area contributed by atoms with E-state index in [4.69, 9.17) is 4.42 Å². The first kappa shape index (κ1) is 16.7. The molecule has 3 aromatic rings. The molecule has 2 N–H and O–H groups in total. The van der Waals surface area contributed by atoms with Gasteiger partial charge in [-0.2, -0.15) is 0 Å². The maximum Gasteiger partial charge on any atom is 0.258 e. The fraction of sp³-hybridized carbons (Fsp3) is 0.105. The van der Waals surface area contributed by atoms with Crippen molar-refractivity contribution >= 4 is 17.3 Å². The number of carbonyl (C=O) groups is 1. The summed E-state index contributed by atoms with van der Waals surface area (Å²) in [6.07, 6.45) is 2.79. The number of benzene rings is 2. The molecule has 0 bridgehead atoms. The lowest BCUT2D eigenvalue weighted by Gasteiger charge is -2.17. The first-order valence-corrected chi connectivity index (χ1v) is 7.68. The van der Waals surface area contributed by atoms with Crippen LogP contribution in [0.5, 0.6) is 0 Å². The van der Waals surface area contributed by atoms with E-state index >= 15 is 0 Å². The molecular weight excluding hydrogens is 326 g/mol. The number of anilines is 2. The van der Waals surface area contributed by atoms with Gasteiger partial charge in [-0.1, -0.05) is 12.1 Å². The van der Waals surface area contributed by atoms with E-state index in [-0.39, 0.29) is 11.9 Å². The van der Waals surface area contributed by atoms with Crippen molar-refractivity contribution in [1.29, 1.82) is 0 Å². The maximum atomic E-state index is 13.4. The number of rotatable bonds is 5. The zero-order valence-electron chi connectivity index (χ0n) is 13.4. The molecule has 0 saturated carbocycles. The minimum Gasteiger partial charge on any atom is -0.472 e. The van der Waals surface area contributed by atoms with Gasteiger partial charge in [0.05, 0.1) is 11.8 Å². The second-order valence-corrected chi connectivity index (χ2v) is 5.59. The second-order valence-electron chi connectivity index (χ2n) is 5.59. The molecule has 6 heteroatoms. The summed E-state index contributed by atoms with van der Waals surface area (Å²) in [4.78, 5) is 12.0. The van der Waals surface area contributed by atoms with E-state index in [1.807, 2.05) is 13.0 Å². The summed E-state index contributed by atoms with van der Waals surface area (Å²) in [5.41, 5.74) is 2.39. The average Bonchev–Trinajstić information content (AvgIpc) is 3.12. The largest absolute Gasteiger partial charge is 0.472 e. The van der Waals surface area contributed by atoms with Crippen molar-refractivity contribution < 1.29 is 18.0 Å². The van der Waals surface area contributed by atoms with E-state index in [9.17, 15) is 13.6 Å². The number of nitrogens with one attached hydrogen (secondary N) is 2. The summed E-state index contributed by atoms with van der Waals surface area (Å²) in [6, 6.07) is 12.2. The summed E-state index contributed by atoms with van der Waals surface area (Å²) < 4.78 is 31.3. The number of amides is 1. The van der Waals surface area contributed by atoms with E-state index in [0.717, 1.165) is 17.8 Å². The third-order valence-corrected chi connectivity index (χ3v) is 3.73. The van der Waals surface area contributed by atoms with E-state index in [2.05, 4.69) is 10.6 Å². The number of hydrogen-bond donors (Lipinski definition) is 2. The van der Waals surface area contributed by atoms with Gasteiger partial charge in [-0.05, 0) is 48.9 Å². The van der Waals surface area contributed by atoms with Crippen LogP contribution in [0.4, 0.5) is 20.2 Å². The minimum absolute atomic E-state index is 0.241. The van der Waals surface area contributed by atoms with Gasteiger partial charge in [-0.3, -0.25) is 4.79 Å². The van der Waals surface area contributed by atoms with E-state index < -0.39 is 11.6 Å². The highest BCUT2D eigenvalue weighted by Crippen LogP contribution is 2.23. The van der Waals surface area contributed by atoms with E-state index in [1.165, 1.54) is 18.6 Å². The number of furan rings is 1. The van der Waals surface area contributed by atoms with Crippen molar-refractivity contribution in [3.8, 4) is 0 Å². The van der Waals surface area contributed by atoms with E-state index in [1.54, 1.807) is 24.3 Å². The SMILES string of the molecule is C[C@H](Nc1cccc(NC(=O)c2ccoc2)c1)c1ccc(F)c(F)c1. The van der Waals surface area contributed by atoms with Crippen LogP contribution >= 0.6 is 0 Å². The molecule has 1 atom stereocenters. The third kappa shape index (κ3) is 4.03. The zero-order valence-corrected chi connectivity index (χ0v) is 13.4. The van der Waals surface area contributed by atoms with Crippen LogP contribution in [0.25, 0.3) is 0 Å². The van der Waals surface area contributed by atoms with Crippen LogP contribution in [0.15, 0.2) is 65.5 Å². The monoisotopic (exact) mass is 342 g/mol. The fourth-order valence-electron chi connectivity index (χ4n) is 2.40. The molecule has 0 aliphatic heterocycles. The molecule has 1 heterocycles. The molecule has 0 saturated heterocycles. The Morgan fingerprint density at radius 3 is 2.56 bits per heavy atom. The summed E-state index contributed by atoms with van der Waals surface area (Å²) in [5.74, 6) is -2.04. The summed E-state index contributed by atoms with van der Waals surface area (Å²) in [6.45, 7) is 1.84. The molecule has 0 radical (unpaired) electrons. The summed E-state index contributed by atoms with van der Waals surface area (Å²) in [7, 11) is 0. The van der Waals surface area contributed by atoms with Gasteiger partial charge >= 0.3 is 0 Å². The third-order valence-electron chi connectivity index (χ3n) is 3.73. The Balaban J connectivity index is 1.70. The van der Waals surface area contributed by atoms with Gasteiger partial charge in [0.1, 0.15) is 6.26 Å². The van der Waals surface area contributed by atoms with Crippen molar-refractivity contribution in [3.63, 3.8) is 0 Å². The highest BCUT2D eigenvalue weighted by atomic mass is 19.2. The molecule has 0 unspecified atom stereocenters. The highest BCUT2D eigenvalue weighted by molar-refractivity contribution is 6.04. The molecule has 4 nitrogen and oxygen atoms in total. The van der Waals surface area contributed by atoms with Crippen LogP contribution in [0.2, 0.25) is 0 Å². The van der Waals surface area contributed by atoms with Crippen molar-refractivity contribution in [2.24, 2.45) is 0 Å². The van der Waals surface area contributed by atoms with Gasteiger partial charge in [0.15, 0.2) is 11.6 Å². The lowest BCUT2D eigenvalue weighted by Crippen LogP contribution is -2.11. The fourth-order valence-corrected chi connectivity index (χ4v) is 2.40. The topological polar surface area (TPSA) is 54.3 Å². The predicted octanol–water partition coefficient (Wildman–Crippen LogP) is 4.98. The van der Waals surface area contributed by atoms with Crippen molar-refractivity contribution in [2.75, 3.05) is 10.6 Å². The molecule has 1 aromatic heterocycles. The van der Waals surface area contributed by atoms with Gasteiger partial charge in [0.25, 0.3) is 5.91 Å². The van der Waals surface area contributed by atoms with Crippen LogP contribution in [-0.2, 0) is 0 Å². The molecule has 1 amide bonds. The normalized spacial score (nSPS) is 11.8. The van der Waals surface area contributed by atoms with E-state index in [0.29, 0.717) is 16.8 Å². The van der Waals surface area contributed by atoms with Crippen molar-refractivity contribution in [3.05, 3.63) is 83.8 Å². The average molecular weight is 342 g/mol. The minimum atomic E-state index is -0.882. The number of halogens is 2. The first-order valence-electron chi connectivity index (χ1n) is 7.68. The molecule has 0 aliphatic carbocycles. The van der Waals surface area contributed by atoms with Crippen LogP contribution < -0.4 is 10.6 Å². The molecular formula is C19H16F2N2O2. The Kier molecular flexibility index (Phi) is 4.79. The maximum absolute atomic E-state index is 13.4. The Morgan fingerprint density at radius 1 is 1.04 bits per heavy atom. The standard InChI is InChI=1S/C19H16F2N2O2/c1-12(13-5-6-17(20)18(21)9-13)22-15-3-2-4-16(10-15)23-19(24)14-7-8-25-11-14/h2-12,22H,1H3,(H,23,24)/t12-/m0/s1. The van der Waals surface area contributed by atoms with Crippen LogP contribution in [-0.4, -0.2) is 5.91 Å². The molecule has 0 aliphatic rings. The second kappa shape index (κ2) is 7.17. The molecule has 3 rings (SSSR count). The van der Waals surface area contributed by atoms with Gasteiger partial charge in [0, 0.05) is 17.4 Å². The number of hydrogen-bond acceptors (Lipinski definition) is 3. The lowest BCUT2D eigenvalue weighted by molar-refractivity contribution is 0.102.